The van der Waals surface area contributed by atoms with Crippen LogP contribution in [0.15, 0.2) is 72.6 Å². The number of aromatic nitrogens is 2. The Bertz CT molecular complexity index is 1640. The second kappa shape index (κ2) is 10.5. The Kier molecular flexibility index (Phi) is 7.04. The normalized spacial score (nSPS) is 20.8. The van der Waals surface area contributed by atoms with Crippen molar-refractivity contribution in [2.24, 2.45) is 11.1 Å². The molecule has 7 nitrogen and oxygen atoms in total. The lowest BCUT2D eigenvalue weighted by Crippen LogP contribution is -2.61. The highest BCUT2D eigenvalue weighted by Crippen LogP contribution is 2.49. The molecule has 0 saturated carbocycles. The first-order valence-corrected chi connectivity index (χ1v) is 14.5. The quantitative estimate of drug-likeness (QED) is 0.234. The van der Waals surface area contributed by atoms with E-state index in [-0.39, 0.29) is 11.0 Å². The number of nitrogens with one attached hydrogen (secondary N) is 2. The zero-order valence-corrected chi connectivity index (χ0v) is 24.5. The van der Waals surface area contributed by atoms with Crippen molar-refractivity contribution < 1.29 is 9.53 Å². The number of carbonyl (C=O) groups excluding carboxylic acids is 1. The Labute approximate surface area is 245 Å². The van der Waals surface area contributed by atoms with Crippen molar-refractivity contribution in [2.75, 3.05) is 24.5 Å². The Morgan fingerprint density at radius 3 is 2.68 bits per heavy atom. The molecule has 8 heteroatoms. The molecule has 6 rings (SSSR count). The fourth-order valence-corrected chi connectivity index (χ4v) is 6.55. The van der Waals surface area contributed by atoms with Crippen LogP contribution < -0.4 is 20.7 Å². The molecule has 2 aliphatic rings. The summed E-state index contributed by atoms with van der Waals surface area (Å²) in [4.78, 5) is 22.4. The molecule has 0 spiro atoms. The maximum Gasteiger partial charge on any atom is 0.252 e. The number of piperazine rings is 1. The number of aromatic amines is 1. The number of halogens is 1. The van der Waals surface area contributed by atoms with Gasteiger partial charge in [-0.1, -0.05) is 37.6 Å². The third-order valence-electron chi connectivity index (χ3n) is 8.64. The fourth-order valence-electron chi connectivity index (χ4n) is 6.43. The number of rotatable bonds is 6. The molecule has 1 aliphatic carbocycles. The number of H-pyrrole nitrogens is 1. The van der Waals surface area contributed by atoms with Crippen molar-refractivity contribution >= 4 is 39.8 Å². The lowest BCUT2D eigenvalue weighted by Gasteiger charge is -2.51. The van der Waals surface area contributed by atoms with Gasteiger partial charge in [0.2, 0.25) is 0 Å². The van der Waals surface area contributed by atoms with Gasteiger partial charge >= 0.3 is 0 Å². The van der Waals surface area contributed by atoms with Gasteiger partial charge in [-0.15, -0.1) is 0 Å². The molecule has 1 aliphatic heterocycles. The Hall–Kier alpha value is -3.81. The zero-order valence-electron chi connectivity index (χ0n) is 23.8. The molecular formula is C33H36ClN5O2. The highest BCUT2D eigenvalue weighted by atomic mass is 35.5. The minimum atomic E-state index is -0.535. The van der Waals surface area contributed by atoms with Crippen molar-refractivity contribution in [3.63, 3.8) is 0 Å². The van der Waals surface area contributed by atoms with Gasteiger partial charge in [0.25, 0.3) is 5.91 Å². The number of nitrogens with zero attached hydrogens (tertiary/aromatic N) is 2. The number of carbonyl (C=O) groups is 1. The average Bonchev–Trinajstić information content (AvgIpc) is 3.41. The minimum absolute atomic E-state index is 0.209. The average molecular weight is 570 g/mol. The lowest BCUT2D eigenvalue weighted by atomic mass is 9.67. The molecule has 1 atom stereocenters. The largest absolute Gasteiger partial charge is 0.455 e. The molecule has 0 bridgehead atoms. The van der Waals surface area contributed by atoms with Crippen LogP contribution in [0.1, 0.15) is 56.0 Å². The third kappa shape index (κ3) is 5.32. The van der Waals surface area contributed by atoms with Gasteiger partial charge in [-0.25, -0.2) is 4.98 Å². The smallest absolute Gasteiger partial charge is 0.252 e. The Balaban J connectivity index is 1.43. The Morgan fingerprint density at radius 1 is 1.10 bits per heavy atom. The standard InChI is InChI=1S/C33H36ClN5O2/c1-32(2)12-10-28(27(18-32)21-4-6-23(34)7-5-21)33(3)20-36-14-15-39(33)24-8-9-26(30(35)40)29(17-24)41-25-16-22-11-13-37-31(22)38-19-25/h4-9,11,13,16-17,19,36H,10,12,14-15,18,20H2,1-3H3,(H2,35,40)(H,37,38). The number of ether oxygens (including phenoxy) is 1. The number of pyridine rings is 1. The summed E-state index contributed by atoms with van der Waals surface area (Å²) in [5.41, 5.74) is 11.9. The van der Waals surface area contributed by atoms with Crippen LogP contribution >= 0.6 is 11.6 Å². The van der Waals surface area contributed by atoms with E-state index in [4.69, 9.17) is 22.1 Å². The first-order chi connectivity index (χ1) is 19.6. The van der Waals surface area contributed by atoms with Gasteiger partial charge in [0, 0.05) is 48.0 Å². The number of amides is 1. The SMILES string of the molecule is CC1(C)CCC(C2(C)CNCCN2c2ccc(C(N)=O)c(Oc3cnc4[nH]ccc4c3)c2)=C(c2ccc(Cl)cc2)C1. The van der Waals surface area contributed by atoms with Crippen LogP contribution in [0.2, 0.25) is 5.02 Å². The number of hydrogen-bond donors (Lipinski definition) is 3. The zero-order chi connectivity index (χ0) is 28.8. The summed E-state index contributed by atoms with van der Waals surface area (Å²) in [7, 11) is 0. The van der Waals surface area contributed by atoms with E-state index in [2.05, 4.69) is 53.1 Å². The molecule has 41 heavy (non-hydrogen) atoms. The number of hydrogen-bond acceptors (Lipinski definition) is 5. The van der Waals surface area contributed by atoms with Crippen LogP contribution in [0.3, 0.4) is 0 Å². The maximum absolute atomic E-state index is 12.4. The van der Waals surface area contributed by atoms with Crippen LogP contribution in [0, 0.1) is 5.41 Å². The van der Waals surface area contributed by atoms with Gasteiger partial charge in [-0.3, -0.25) is 4.79 Å². The molecule has 1 fully saturated rings. The van der Waals surface area contributed by atoms with Gasteiger partial charge in [-0.05, 0) is 84.7 Å². The van der Waals surface area contributed by atoms with Crippen molar-refractivity contribution in [2.45, 2.75) is 45.6 Å². The van der Waals surface area contributed by atoms with E-state index in [0.29, 0.717) is 17.1 Å². The maximum atomic E-state index is 12.4. The van der Waals surface area contributed by atoms with E-state index in [9.17, 15) is 4.79 Å². The highest BCUT2D eigenvalue weighted by molar-refractivity contribution is 6.30. The molecule has 3 heterocycles. The molecule has 4 aromatic rings. The summed E-state index contributed by atoms with van der Waals surface area (Å²) >= 11 is 6.27. The number of fused-ring (bicyclic) bond motifs is 1. The van der Waals surface area contributed by atoms with Gasteiger partial charge < -0.3 is 25.7 Å². The lowest BCUT2D eigenvalue weighted by molar-refractivity contribution is 0.0998. The van der Waals surface area contributed by atoms with Crippen LogP contribution in [-0.4, -0.2) is 41.0 Å². The second-order valence-electron chi connectivity index (χ2n) is 12.1. The molecular weight excluding hydrogens is 534 g/mol. The van der Waals surface area contributed by atoms with Crippen LogP contribution in [0.25, 0.3) is 16.6 Å². The summed E-state index contributed by atoms with van der Waals surface area (Å²) in [6.07, 6.45) is 6.61. The minimum Gasteiger partial charge on any atom is -0.455 e. The Morgan fingerprint density at radius 2 is 1.90 bits per heavy atom. The summed E-state index contributed by atoms with van der Waals surface area (Å²) in [5, 5.41) is 5.33. The van der Waals surface area contributed by atoms with Crippen molar-refractivity contribution in [3.05, 3.63) is 88.7 Å². The van der Waals surface area contributed by atoms with Crippen LogP contribution in [0.4, 0.5) is 5.69 Å². The van der Waals surface area contributed by atoms with Crippen molar-refractivity contribution in [1.29, 1.82) is 0 Å². The fraction of sp³-hybridized carbons (Fsp3) is 0.333. The molecule has 1 unspecified atom stereocenters. The molecule has 4 N–H and O–H groups in total. The summed E-state index contributed by atoms with van der Waals surface area (Å²) in [5.74, 6) is 0.430. The number of benzene rings is 2. The number of anilines is 1. The third-order valence-corrected chi connectivity index (χ3v) is 8.89. The topological polar surface area (TPSA) is 96.3 Å². The second-order valence-corrected chi connectivity index (χ2v) is 12.6. The summed E-state index contributed by atoms with van der Waals surface area (Å²) < 4.78 is 6.28. The van der Waals surface area contributed by atoms with Crippen molar-refractivity contribution in [3.8, 4) is 11.5 Å². The molecule has 0 radical (unpaired) electrons. The highest BCUT2D eigenvalue weighted by Gasteiger charge is 2.42. The van der Waals surface area contributed by atoms with Crippen LogP contribution in [0.5, 0.6) is 11.5 Å². The molecule has 212 valence electrons. The van der Waals surface area contributed by atoms with E-state index in [1.165, 1.54) is 16.7 Å². The molecule has 2 aromatic carbocycles. The first-order valence-electron chi connectivity index (χ1n) is 14.1. The predicted octanol–water partition coefficient (Wildman–Crippen LogP) is 6.94. The molecule has 2 aromatic heterocycles. The van der Waals surface area contributed by atoms with Gasteiger partial charge in [-0.2, -0.15) is 0 Å². The molecule has 1 saturated heterocycles. The van der Waals surface area contributed by atoms with E-state index < -0.39 is 5.91 Å². The number of nitrogens with two attached hydrogens (primary N) is 1. The van der Waals surface area contributed by atoms with E-state index in [1.807, 2.05) is 42.6 Å². The predicted molar refractivity (Wildman–Crippen MR) is 166 cm³/mol. The first kappa shape index (κ1) is 27.4. The van der Waals surface area contributed by atoms with Gasteiger partial charge in [0.15, 0.2) is 0 Å². The van der Waals surface area contributed by atoms with E-state index in [0.717, 1.165) is 60.6 Å². The van der Waals surface area contributed by atoms with Crippen molar-refractivity contribution in [1.82, 2.24) is 15.3 Å². The molecule has 1 amide bonds. The summed E-state index contributed by atoms with van der Waals surface area (Å²) in [6.45, 7) is 9.50. The number of primary amides is 1. The number of allylic oxidation sites excluding steroid dienone is 1. The van der Waals surface area contributed by atoms with Gasteiger partial charge in [0.1, 0.15) is 17.1 Å². The van der Waals surface area contributed by atoms with E-state index >= 15 is 0 Å². The summed E-state index contributed by atoms with van der Waals surface area (Å²) in [6, 6.07) is 17.8. The van der Waals surface area contributed by atoms with Crippen LogP contribution in [-0.2, 0) is 0 Å². The van der Waals surface area contributed by atoms with Gasteiger partial charge in [0.05, 0.1) is 17.3 Å². The van der Waals surface area contributed by atoms with E-state index in [1.54, 1.807) is 12.3 Å². The monoisotopic (exact) mass is 569 g/mol.